The van der Waals surface area contributed by atoms with Crippen molar-refractivity contribution in [3.8, 4) is 56.4 Å². The van der Waals surface area contributed by atoms with Crippen molar-refractivity contribution in [1.82, 2.24) is 19.9 Å². The number of benzene rings is 6. The van der Waals surface area contributed by atoms with E-state index in [1.54, 1.807) is 0 Å². The van der Waals surface area contributed by atoms with E-state index in [9.17, 15) is 0 Å². The third kappa shape index (κ3) is 4.50. The van der Waals surface area contributed by atoms with E-state index in [4.69, 9.17) is 28.8 Å². The summed E-state index contributed by atoms with van der Waals surface area (Å²) in [5.41, 5.74) is 9.95. The zero-order chi connectivity index (χ0) is 33.0. The van der Waals surface area contributed by atoms with Crippen molar-refractivity contribution in [2.75, 3.05) is 0 Å². The Hall–Kier alpha value is -6.92. The number of rotatable bonds is 5. The molecule has 6 aromatic carbocycles. The second-order valence-corrected chi connectivity index (χ2v) is 12.2. The minimum atomic E-state index is 0.546. The van der Waals surface area contributed by atoms with Crippen molar-refractivity contribution < 1.29 is 8.83 Å². The quantitative estimate of drug-likeness (QED) is 0.186. The van der Waals surface area contributed by atoms with Gasteiger partial charge in [0.05, 0.1) is 22.2 Å². The van der Waals surface area contributed by atoms with Crippen LogP contribution in [0.2, 0.25) is 0 Å². The second kappa shape index (κ2) is 11.4. The van der Waals surface area contributed by atoms with E-state index in [2.05, 4.69) is 54.6 Å². The number of hydrogen-bond donors (Lipinski definition) is 0. The highest BCUT2D eigenvalue weighted by molar-refractivity contribution is 6.13. The molecule has 0 saturated heterocycles. The molecule has 0 fully saturated rings. The summed E-state index contributed by atoms with van der Waals surface area (Å²) in [6.07, 6.45) is 0. The van der Waals surface area contributed by atoms with Crippen LogP contribution in [0.15, 0.2) is 167 Å². The average Bonchev–Trinajstić information content (AvgIpc) is 3.76. The van der Waals surface area contributed by atoms with Crippen molar-refractivity contribution in [3.05, 3.63) is 158 Å². The Balaban J connectivity index is 1.24. The first-order chi connectivity index (χ1) is 24.8. The predicted molar refractivity (Wildman–Crippen MR) is 199 cm³/mol. The molecule has 6 nitrogen and oxygen atoms in total. The van der Waals surface area contributed by atoms with Gasteiger partial charge in [-0.2, -0.15) is 9.97 Å². The molecule has 0 saturated carbocycles. The van der Waals surface area contributed by atoms with Crippen LogP contribution in [-0.2, 0) is 0 Å². The Morgan fingerprint density at radius 2 is 0.760 bits per heavy atom. The van der Waals surface area contributed by atoms with E-state index in [1.165, 1.54) is 0 Å². The Bertz CT molecular complexity index is 2880. The van der Waals surface area contributed by atoms with Crippen LogP contribution >= 0.6 is 0 Å². The molecule has 0 unspecified atom stereocenters. The first kappa shape index (κ1) is 28.1. The van der Waals surface area contributed by atoms with Crippen LogP contribution in [0.3, 0.4) is 0 Å². The monoisotopic (exact) mass is 642 g/mol. The molecular weight excluding hydrogens is 617 g/mol. The normalized spacial score (nSPS) is 11.6. The smallest absolute Gasteiger partial charge is 0.231 e. The average molecular weight is 643 g/mol. The summed E-state index contributed by atoms with van der Waals surface area (Å²) < 4.78 is 12.7. The van der Waals surface area contributed by atoms with Gasteiger partial charge in [0.1, 0.15) is 11.2 Å². The molecule has 10 rings (SSSR count). The van der Waals surface area contributed by atoms with Crippen LogP contribution in [0.25, 0.3) is 101 Å². The molecule has 0 aliphatic heterocycles. The topological polar surface area (TPSA) is 77.8 Å². The van der Waals surface area contributed by atoms with Crippen molar-refractivity contribution in [3.63, 3.8) is 0 Å². The van der Waals surface area contributed by atoms with Gasteiger partial charge in [-0.25, -0.2) is 9.97 Å². The van der Waals surface area contributed by atoms with Crippen molar-refractivity contribution in [1.29, 1.82) is 0 Å². The van der Waals surface area contributed by atoms with Crippen LogP contribution in [0.4, 0.5) is 0 Å². The molecule has 6 heteroatoms. The molecule has 0 bridgehead atoms. The van der Waals surface area contributed by atoms with E-state index in [0.717, 1.165) is 77.5 Å². The van der Waals surface area contributed by atoms with Crippen LogP contribution in [0.5, 0.6) is 0 Å². The molecule has 4 heterocycles. The number of para-hydroxylation sites is 2. The molecule has 10 aromatic rings. The summed E-state index contributed by atoms with van der Waals surface area (Å²) >= 11 is 0. The number of aromatic nitrogens is 4. The maximum atomic E-state index is 6.37. The van der Waals surface area contributed by atoms with E-state index in [0.29, 0.717) is 23.1 Å². The van der Waals surface area contributed by atoms with Gasteiger partial charge in [-0.15, -0.1) is 0 Å². The standard InChI is InChI=1S/C44H26N4O2/c1-3-15-27(16-4-1)39-37-33-23-11-13-25-35(33)49-43(37)48-42(45-39)32-22-10-8-20-30(32)29-19-7-9-21-31(29)40-38-34-24-12-14-26-36(34)50-44(38)47-41(46-40)28-17-5-2-6-18-28/h1-26H. The van der Waals surface area contributed by atoms with Crippen molar-refractivity contribution in [2.24, 2.45) is 0 Å². The fraction of sp³-hybridized carbons (Fsp3) is 0. The number of furan rings is 2. The summed E-state index contributed by atoms with van der Waals surface area (Å²) in [5.74, 6) is 1.17. The predicted octanol–water partition coefficient (Wildman–Crippen LogP) is 11.4. The molecule has 0 N–H and O–H groups in total. The van der Waals surface area contributed by atoms with E-state index in [-0.39, 0.29) is 0 Å². The highest BCUT2D eigenvalue weighted by Gasteiger charge is 2.23. The van der Waals surface area contributed by atoms with Crippen molar-refractivity contribution >= 4 is 44.1 Å². The molecule has 0 spiro atoms. The number of fused-ring (bicyclic) bond motifs is 6. The van der Waals surface area contributed by atoms with Gasteiger partial charge in [0, 0.05) is 33.0 Å². The highest BCUT2D eigenvalue weighted by atomic mass is 16.3. The second-order valence-electron chi connectivity index (χ2n) is 12.2. The van der Waals surface area contributed by atoms with Gasteiger partial charge in [-0.05, 0) is 23.3 Å². The zero-order valence-electron chi connectivity index (χ0n) is 26.6. The summed E-state index contributed by atoms with van der Waals surface area (Å²) in [7, 11) is 0. The molecular formula is C44H26N4O2. The van der Waals surface area contributed by atoms with Gasteiger partial charge in [-0.3, -0.25) is 0 Å². The van der Waals surface area contributed by atoms with Crippen LogP contribution in [0.1, 0.15) is 0 Å². The molecule has 0 radical (unpaired) electrons. The van der Waals surface area contributed by atoms with Crippen LogP contribution in [-0.4, -0.2) is 19.9 Å². The lowest BCUT2D eigenvalue weighted by Gasteiger charge is -2.15. The minimum absolute atomic E-state index is 0.546. The van der Waals surface area contributed by atoms with E-state index >= 15 is 0 Å². The largest absolute Gasteiger partial charge is 0.438 e. The maximum absolute atomic E-state index is 6.37. The van der Waals surface area contributed by atoms with Gasteiger partial charge in [0.25, 0.3) is 0 Å². The Kier molecular flexibility index (Phi) is 6.39. The fourth-order valence-corrected chi connectivity index (χ4v) is 6.92. The lowest BCUT2D eigenvalue weighted by molar-refractivity contribution is 0.653. The molecule has 234 valence electrons. The molecule has 4 aromatic heterocycles. The Morgan fingerprint density at radius 3 is 1.40 bits per heavy atom. The summed E-state index contributed by atoms with van der Waals surface area (Å²) in [4.78, 5) is 20.5. The SMILES string of the molecule is c1ccc(-c2nc(-c3ccccc3-c3ccccc3-c3nc(-c4ccccc4)c4c(n3)oc3ccccc34)c3c(n2)oc2ccccc23)cc1. The zero-order valence-corrected chi connectivity index (χ0v) is 26.6. The van der Waals surface area contributed by atoms with Gasteiger partial charge in [0.2, 0.25) is 11.4 Å². The molecule has 0 atom stereocenters. The fourth-order valence-electron chi connectivity index (χ4n) is 6.92. The molecule has 0 amide bonds. The van der Waals surface area contributed by atoms with E-state index < -0.39 is 0 Å². The summed E-state index contributed by atoms with van der Waals surface area (Å²) in [6, 6.07) is 52.9. The van der Waals surface area contributed by atoms with Gasteiger partial charge >= 0.3 is 0 Å². The lowest BCUT2D eigenvalue weighted by atomic mass is 9.92. The summed E-state index contributed by atoms with van der Waals surface area (Å²) in [6.45, 7) is 0. The third-order valence-electron chi connectivity index (χ3n) is 9.20. The highest BCUT2D eigenvalue weighted by Crippen LogP contribution is 2.43. The lowest BCUT2D eigenvalue weighted by Crippen LogP contribution is -1.98. The van der Waals surface area contributed by atoms with Crippen LogP contribution in [0, 0.1) is 0 Å². The van der Waals surface area contributed by atoms with Crippen LogP contribution < -0.4 is 0 Å². The number of hydrogen-bond acceptors (Lipinski definition) is 6. The van der Waals surface area contributed by atoms with Gasteiger partial charge < -0.3 is 8.83 Å². The summed E-state index contributed by atoms with van der Waals surface area (Å²) in [5, 5.41) is 3.72. The first-order valence-corrected chi connectivity index (χ1v) is 16.5. The minimum Gasteiger partial charge on any atom is -0.438 e. The van der Waals surface area contributed by atoms with Gasteiger partial charge in [0.15, 0.2) is 11.6 Å². The molecule has 0 aliphatic carbocycles. The van der Waals surface area contributed by atoms with Gasteiger partial charge in [-0.1, -0.05) is 146 Å². The third-order valence-corrected chi connectivity index (χ3v) is 9.20. The van der Waals surface area contributed by atoms with E-state index in [1.807, 2.05) is 103 Å². The molecule has 50 heavy (non-hydrogen) atoms. The molecule has 0 aliphatic rings. The number of nitrogens with zero attached hydrogens (tertiary/aromatic N) is 4. The maximum Gasteiger partial charge on any atom is 0.231 e. The Morgan fingerprint density at radius 1 is 0.320 bits per heavy atom. The van der Waals surface area contributed by atoms with Crippen molar-refractivity contribution in [2.45, 2.75) is 0 Å². The Labute approximate surface area is 286 Å². The first-order valence-electron chi connectivity index (χ1n) is 16.5.